The summed E-state index contributed by atoms with van der Waals surface area (Å²) in [6.07, 6.45) is 11.9. The molecule has 1 aliphatic rings. The normalized spacial score (nSPS) is 17.1. The average molecular weight is 387 g/mol. The lowest BCUT2D eigenvalue weighted by atomic mass is 9.97. The molecule has 3 heterocycles. The summed E-state index contributed by atoms with van der Waals surface area (Å²) in [5.74, 6) is 1.37. The molecule has 0 N–H and O–H groups in total. The summed E-state index contributed by atoms with van der Waals surface area (Å²) >= 11 is 0. The molecule has 0 bridgehead atoms. The zero-order valence-electron chi connectivity index (χ0n) is 16.7. The highest BCUT2D eigenvalue weighted by molar-refractivity contribution is 5.96. The Morgan fingerprint density at radius 1 is 1.38 bits per heavy atom. The first kappa shape index (κ1) is 19.0. The second kappa shape index (κ2) is 8.36. The van der Waals surface area contributed by atoms with Crippen LogP contribution in [0.25, 0.3) is 17.0 Å². The van der Waals surface area contributed by atoms with Gasteiger partial charge in [-0.1, -0.05) is 18.2 Å². The van der Waals surface area contributed by atoms with Gasteiger partial charge in [0.1, 0.15) is 5.82 Å². The minimum Gasteiger partial charge on any atom is -0.346 e. The number of piperidine rings is 1. The van der Waals surface area contributed by atoms with Crippen molar-refractivity contribution in [2.75, 3.05) is 13.1 Å². The number of aryl methyl sites for hydroxylation is 2. The van der Waals surface area contributed by atoms with Crippen molar-refractivity contribution in [3.63, 3.8) is 0 Å². The number of hydrogen-bond donors (Lipinski definition) is 0. The van der Waals surface area contributed by atoms with E-state index in [1.807, 2.05) is 59.4 Å². The summed E-state index contributed by atoms with van der Waals surface area (Å²) in [5, 5.41) is 10.00. The van der Waals surface area contributed by atoms with E-state index in [2.05, 4.69) is 21.7 Å². The third-order valence-electron chi connectivity index (χ3n) is 5.65. The van der Waals surface area contributed by atoms with Gasteiger partial charge in [-0.25, -0.2) is 4.98 Å². The van der Waals surface area contributed by atoms with E-state index in [1.165, 1.54) is 0 Å². The number of imidazole rings is 1. The molecule has 1 aliphatic heterocycles. The zero-order chi connectivity index (χ0) is 20.2. The van der Waals surface area contributed by atoms with Crippen molar-refractivity contribution in [3.05, 3.63) is 60.3 Å². The van der Waals surface area contributed by atoms with Gasteiger partial charge in [0.25, 0.3) is 0 Å². The smallest absolute Gasteiger partial charge is 0.246 e. The van der Waals surface area contributed by atoms with Crippen LogP contribution in [0.3, 0.4) is 0 Å². The van der Waals surface area contributed by atoms with Crippen LogP contribution in [-0.2, 0) is 18.4 Å². The van der Waals surface area contributed by atoms with Crippen molar-refractivity contribution >= 4 is 22.9 Å². The van der Waals surface area contributed by atoms with Crippen LogP contribution in [0.15, 0.2) is 48.9 Å². The second-order valence-electron chi connectivity index (χ2n) is 7.56. The van der Waals surface area contributed by atoms with E-state index in [9.17, 15) is 4.79 Å². The fraction of sp³-hybridized carbons (Fsp3) is 0.348. The molecule has 1 aromatic carbocycles. The van der Waals surface area contributed by atoms with E-state index in [0.29, 0.717) is 19.5 Å². The molecule has 1 saturated heterocycles. The minimum absolute atomic E-state index is 0.0396. The summed E-state index contributed by atoms with van der Waals surface area (Å²) in [4.78, 5) is 19.2. The van der Waals surface area contributed by atoms with E-state index in [1.54, 1.807) is 6.08 Å². The number of amides is 1. The molecule has 6 nitrogen and oxygen atoms in total. The summed E-state index contributed by atoms with van der Waals surface area (Å²) in [7, 11) is 2.01. The number of nitriles is 1. The highest BCUT2D eigenvalue weighted by Crippen LogP contribution is 2.26. The number of likely N-dealkylation sites (tertiary alicyclic amines) is 1. The zero-order valence-corrected chi connectivity index (χ0v) is 16.7. The molecule has 6 heteroatoms. The van der Waals surface area contributed by atoms with Crippen LogP contribution in [0.2, 0.25) is 0 Å². The van der Waals surface area contributed by atoms with E-state index in [-0.39, 0.29) is 11.8 Å². The predicted octanol–water partition coefficient (Wildman–Crippen LogP) is 3.71. The summed E-state index contributed by atoms with van der Waals surface area (Å²) < 4.78 is 4.13. The van der Waals surface area contributed by atoms with Crippen LogP contribution in [-0.4, -0.2) is 38.0 Å². The number of carbonyl (C=O) groups excluding carboxylic acids is 1. The van der Waals surface area contributed by atoms with E-state index in [4.69, 9.17) is 5.26 Å². The largest absolute Gasteiger partial charge is 0.346 e. The molecular formula is C23H25N5O. The van der Waals surface area contributed by atoms with Gasteiger partial charge in [0.15, 0.2) is 0 Å². The molecule has 29 heavy (non-hydrogen) atoms. The average Bonchev–Trinajstić information content (AvgIpc) is 3.34. The first-order valence-electron chi connectivity index (χ1n) is 10.1. The Labute approximate surface area is 170 Å². The third kappa shape index (κ3) is 3.95. The maximum Gasteiger partial charge on any atom is 0.246 e. The highest BCUT2D eigenvalue weighted by atomic mass is 16.2. The summed E-state index contributed by atoms with van der Waals surface area (Å²) in [5.41, 5.74) is 2.09. The molecule has 0 radical (unpaired) electrons. The fourth-order valence-electron chi connectivity index (χ4n) is 4.19. The highest BCUT2D eigenvalue weighted by Gasteiger charge is 2.26. The lowest BCUT2D eigenvalue weighted by molar-refractivity contribution is -0.127. The lowest BCUT2D eigenvalue weighted by Crippen LogP contribution is -2.38. The molecule has 2 aromatic heterocycles. The first-order valence-corrected chi connectivity index (χ1v) is 10.1. The Hall–Kier alpha value is -3.33. The molecule has 0 aliphatic carbocycles. The Bertz CT molecular complexity index is 1080. The molecule has 148 valence electrons. The van der Waals surface area contributed by atoms with Gasteiger partial charge in [-0.05, 0) is 25.0 Å². The number of aromatic nitrogens is 3. The van der Waals surface area contributed by atoms with Crippen LogP contribution in [0, 0.1) is 11.3 Å². The van der Waals surface area contributed by atoms with Crippen LogP contribution in [0.4, 0.5) is 0 Å². The molecule has 1 amide bonds. The monoisotopic (exact) mass is 387 g/mol. The number of benzene rings is 1. The minimum atomic E-state index is 0.0396. The Morgan fingerprint density at radius 3 is 3.03 bits per heavy atom. The van der Waals surface area contributed by atoms with Crippen LogP contribution in [0.1, 0.15) is 36.6 Å². The van der Waals surface area contributed by atoms with Gasteiger partial charge in [-0.2, -0.15) is 5.26 Å². The van der Waals surface area contributed by atoms with Crippen molar-refractivity contribution in [2.45, 2.75) is 31.7 Å². The van der Waals surface area contributed by atoms with Gasteiger partial charge in [-0.3, -0.25) is 4.79 Å². The van der Waals surface area contributed by atoms with Crippen molar-refractivity contribution in [3.8, 4) is 6.07 Å². The Kier molecular flexibility index (Phi) is 5.48. The SMILES string of the molecule is Cn1ccnc1C1CCCN(C(=O)C=Cc2cn(CCC#N)c3ccccc23)C1. The number of para-hydroxylation sites is 1. The Balaban J connectivity index is 1.51. The number of carbonyl (C=O) groups is 1. The second-order valence-corrected chi connectivity index (χ2v) is 7.56. The number of hydrogen-bond acceptors (Lipinski definition) is 3. The standard InChI is InChI=1S/C23H25N5O/c1-26-15-12-25-23(26)19-6-4-13-28(17-19)22(29)10-9-18-16-27(14-5-11-24)21-8-3-2-7-20(18)21/h2-3,7-10,12,15-16,19H,4-6,13-14,17H2,1H3. The molecule has 1 atom stereocenters. The van der Waals surface area contributed by atoms with Gasteiger partial charge in [0.05, 0.1) is 12.5 Å². The van der Waals surface area contributed by atoms with Crippen LogP contribution >= 0.6 is 0 Å². The molecule has 1 unspecified atom stereocenters. The number of fused-ring (bicyclic) bond motifs is 1. The lowest BCUT2D eigenvalue weighted by Gasteiger charge is -2.31. The third-order valence-corrected chi connectivity index (χ3v) is 5.65. The van der Waals surface area contributed by atoms with Crippen LogP contribution < -0.4 is 0 Å². The molecule has 0 spiro atoms. The van der Waals surface area contributed by atoms with Crippen molar-refractivity contribution in [1.82, 2.24) is 19.0 Å². The van der Waals surface area contributed by atoms with Gasteiger partial charge in [0, 0.05) is 73.7 Å². The number of nitrogens with zero attached hydrogens (tertiary/aromatic N) is 5. The maximum absolute atomic E-state index is 12.8. The van der Waals surface area contributed by atoms with Gasteiger partial charge in [0.2, 0.25) is 5.91 Å². The molecule has 0 saturated carbocycles. The van der Waals surface area contributed by atoms with Gasteiger partial charge < -0.3 is 14.0 Å². The van der Waals surface area contributed by atoms with E-state index >= 15 is 0 Å². The van der Waals surface area contributed by atoms with E-state index < -0.39 is 0 Å². The van der Waals surface area contributed by atoms with Crippen LogP contribution in [0.5, 0.6) is 0 Å². The maximum atomic E-state index is 12.8. The van der Waals surface area contributed by atoms with Crippen molar-refractivity contribution in [1.29, 1.82) is 5.26 Å². The topological polar surface area (TPSA) is 66.8 Å². The number of rotatable bonds is 5. The molecular weight excluding hydrogens is 362 g/mol. The van der Waals surface area contributed by atoms with E-state index in [0.717, 1.165) is 41.7 Å². The quantitative estimate of drug-likeness (QED) is 0.627. The summed E-state index contributed by atoms with van der Waals surface area (Å²) in [6.45, 7) is 2.14. The Morgan fingerprint density at radius 2 is 2.24 bits per heavy atom. The van der Waals surface area contributed by atoms with Crippen molar-refractivity contribution in [2.24, 2.45) is 7.05 Å². The molecule has 3 aromatic rings. The predicted molar refractivity (Wildman–Crippen MR) is 113 cm³/mol. The van der Waals surface area contributed by atoms with Gasteiger partial charge >= 0.3 is 0 Å². The fourth-order valence-corrected chi connectivity index (χ4v) is 4.19. The van der Waals surface area contributed by atoms with Gasteiger partial charge in [-0.15, -0.1) is 0 Å². The molecule has 4 rings (SSSR count). The first-order chi connectivity index (χ1) is 14.2. The van der Waals surface area contributed by atoms with Crippen molar-refractivity contribution < 1.29 is 4.79 Å². The molecule has 1 fully saturated rings. The summed E-state index contributed by atoms with van der Waals surface area (Å²) in [6, 6.07) is 10.3.